The zero-order valence-electron chi connectivity index (χ0n) is 15.5. The molecule has 2 heterocycles. The zero-order chi connectivity index (χ0) is 19.8. The normalized spacial score (nSPS) is 11.8. The molecule has 0 aliphatic heterocycles. The van der Waals surface area contributed by atoms with Crippen molar-refractivity contribution in [2.24, 2.45) is 0 Å². The first-order valence-electron chi connectivity index (χ1n) is 8.89. The fraction of sp³-hybridized carbons (Fsp3) is 0.238. The minimum Gasteiger partial charge on any atom is -0.342 e. The van der Waals surface area contributed by atoms with Crippen LogP contribution in [0, 0.1) is 0 Å². The van der Waals surface area contributed by atoms with E-state index in [0.29, 0.717) is 12.0 Å². The standard InChI is InChI=1S/C21H21N3O2S2/c1-27-11-9-17(24-21(26)16-8-5-10-22-13-16)19(25)12-20-23-18(14-28-20)15-6-3-2-4-7-15/h2-8,10,13-14,17H,9,11-12H2,1H3,(H,24,26)/t17-/m0/s1. The maximum absolute atomic E-state index is 12.9. The summed E-state index contributed by atoms with van der Waals surface area (Å²) in [5, 5.41) is 5.58. The van der Waals surface area contributed by atoms with Gasteiger partial charge in [0.1, 0.15) is 5.01 Å². The van der Waals surface area contributed by atoms with E-state index >= 15 is 0 Å². The molecule has 1 amide bonds. The molecule has 5 nitrogen and oxygen atoms in total. The Kier molecular flexibility index (Phi) is 7.33. The molecule has 0 fully saturated rings. The number of nitrogens with zero attached hydrogens (tertiary/aromatic N) is 2. The minimum absolute atomic E-state index is 0.0275. The molecule has 0 spiro atoms. The summed E-state index contributed by atoms with van der Waals surface area (Å²) in [6, 6.07) is 12.7. The third kappa shape index (κ3) is 5.50. The number of rotatable bonds is 9. The van der Waals surface area contributed by atoms with Crippen molar-refractivity contribution in [2.45, 2.75) is 18.9 Å². The van der Waals surface area contributed by atoms with Crippen molar-refractivity contribution in [3.8, 4) is 11.3 Å². The van der Waals surface area contributed by atoms with Gasteiger partial charge in [0.05, 0.1) is 23.7 Å². The van der Waals surface area contributed by atoms with Crippen molar-refractivity contribution in [3.05, 3.63) is 70.8 Å². The number of aromatic nitrogens is 2. The quantitative estimate of drug-likeness (QED) is 0.579. The Balaban J connectivity index is 1.68. The van der Waals surface area contributed by atoms with Crippen LogP contribution in [0.5, 0.6) is 0 Å². The van der Waals surface area contributed by atoms with E-state index in [1.807, 2.05) is 42.0 Å². The summed E-state index contributed by atoms with van der Waals surface area (Å²) < 4.78 is 0. The summed E-state index contributed by atoms with van der Waals surface area (Å²) in [5.41, 5.74) is 2.35. The summed E-state index contributed by atoms with van der Waals surface area (Å²) in [4.78, 5) is 33.9. The zero-order valence-corrected chi connectivity index (χ0v) is 17.1. The van der Waals surface area contributed by atoms with Crippen LogP contribution in [-0.4, -0.2) is 39.7 Å². The van der Waals surface area contributed by atoms with Crippen molar-refractivity contribution in [2.75, 3.05) is 12.0 Å². The second-order valence-electron chi connectivity index (χ2n) is 6.18. The molecule has 7 heteroatoms. The highest BCUT2D eigenvalue weighted by molar-refractivity contribution is 7.98. The first-order chi connectivity index (χ1) is 13.7. The first kappa shape index (κ1) is 20.2. The van der Waals surface area contributed by atoms with Gasteiger partial charge in [0.2, 0.25) is 0 Å². The number of nitrogens with one attached hydrogen (secondary N) is 1. The number of benzene rings is 1. The molecule has 1 atom stereocenters. The van der Waals surface area contributed by atoms with Crippen LogP contribution in [0.25, 0.3) is 11.3 Å². The number of hydrogen-bond donors (Lipinski definition) is 1. The summed E-state index contributed by atoms with van der Waals surface area (Å²) >= 11 is 3.12. The molecule has 0 saturated carbocycles. The van der Waals surface area contributed by atoms with Gasteiger partial charge >= 0.3 is 0 Å². The maximum Gasteiger partial charge on any atom is 0.253 e. The highest BCUT2D eigenvalue weighted by Crippen LogP contribution is 2.22. The van der Waals surface area contributed by atoms with Crippen LogP contribution in [0.15, 0.2) is 60.2 Å². The predicted octanol–water partition coefficient (Wildman–Crippen LogP) is 3.87. The van der Waals surface area contributed by atoms with Crippen LogP contribution in [-0.2, 0) is 11.2 Å². The van der Waals surface area contributed by atoms with Gasteiger partial charge in [-0.15, -0.1) is 11.3 Å². The van der Waals surface area contributed by atoms with Gasteiger partial charge in [0.25, 0.3) is 5.91 Å². The lowest BCUT2D eigenvalue weighted by atomic mass is 10.1. The van der Waals surface area contributed by atoms with Crippen LogP contribution in [0.4, 0.5) is 0 Å². The van der Waals surface area contributed by atoms with Gasteiger partial charge in [-0.2, -0.15) is 11.8 Å². The van der Waals surface area contributed by atoms with E-state index in [9.17, 15) is 9.59 Å². The molecule has 144 valence electrons. The summed E-state index contributed by atoms with van der Waals surface area (Å²) in [7, 11) is 0. The van der Waals surface area contributed by atoms with Gasteiger partial charge in [-0.05, 0) is 30.6 Å². The Morgan fingerprint density at radius 2 is 2.00 bits per heavy atom. The highest BCUT2D eigenvalue weighted by Gasteiger charge is 2.22. The average Bonchev–Trinajstić information content (AvgIpc) is 3.20. The third-order valence-electron chi connectivity index (χ3n) is 4.18. The molecular formula is C21H21N3O2S2. The van der Waals surface area contributed by atoms with Gasteiger partial charge in [-0.1, -0.05) is 30.3 Å². The molecule has 0 saturated heterocycles. The van der Waals surface area contributed by atoms with Crippen LogP contribution in [0.1, 0.15) is 21.8 Å². The Labute approximate surface area is 172 Å². The van der Waals surface area contributed by atoms with Crippen molar-refractivity contribution in [1.29, 1.82) is 0 Å². The molecule has 0 bridgehead atoms. The Morgan fingerprint density at radius 1 is 1.18 bits per heavy atom. The summed E-state index contributed by atoms with van der Waals surface area (Å²) in [6.07, 6.45) is 5.89. The van der Waals surface area contributed by atoms with E-state index in [4.69, 9.17) is 0 Å². The number of pyridine rings is 1. The number of ketones is 1. The number of carbonyl (C=O) groups excluding carboxylic acids is 2. The second-order valence-corrected chi connectivity index (χ2v) is 8.11. The maximum atomic E-state index is 12.9. The van der Waals surface area contributed by atoms with E-state index in [0.717, 1.165) is 22.0 Å². The molecule has 28 heavy (non-hydrogen) atoms. The van der Waals surface area contributed by atoms with E-state index in [-0.39, 0.29) is 18.1 Å². The summed E-state index contributed by atoms with van der Waals surface area (Å²) in [6.45, 7) is 0. The first-order valence-corrected chi connectivity index (χ1v) is 11.2. The topological polar surface area (TPSA) is 72.0 Å². The fourth-order valence-corrected chi connectivity index (χ4v) is 3.98. The second kappa shape index (κ2) is 10.1. The number of thioether (sulfide) groups is 1. The van der Waals surface area contributed by atoms with Gasteiger partial charge < -0.3 is 5.32 Å². The molecule has 0 aliphatic carbocycles. The lowest BCUT2D eigenvalue weighted by Gasteiger charge is -2.17. The van der Waals surface area contributed by atoms with Crippen LogP contribution in [0.3, 0.4) is 0 Å². The van der Waals surface area contributed by atoms with Gasteiger partial charge in [-0.25, -0.2) is 4.98 Å². The highest BCUT2D eigenvalue weighted by atomic mass is 32.2. The van der Waals surface area contributed by atoms with Crippen molar-refractivity contribution >= 4 is 34.8 Å². The monoisotopic (exact) mass is 411 g/mol. The van der Waals surface area contributed by atoms with E-state index < -0.39 is 6.04 Å². The molecule has 1 aromatic carbocycles. The fourth-order valence-electron chi connectivity index (χ4n) is 2.69. The molecule has 1 N–H and O–H groups in total. The van der Waals surface area contributed by atoms with Crippen molar-refractivity contribution < 1.29 is 9.59 Å². The molecule has 0 unspecified atom stereocenters. The largest absolute Gasteiger partial charge is 0.342 e. The van der Waals surface area contributed by atoms with Gasteiger partial charge in [0.15, 0.2) is 5.78 Å². The van der Waals surface area contributed by atoms with E-state index in [2.05, 4.69) is 15.3 Å². The number of carbonyl (C=O) groups is 2. The molecular weight excluding hydrogens is 390 g/mol. The van der Waals surface area contributed by atoms with E-state index in [1.165, 1.54) is 17.5 Å². The van der Waals surface area contributed by atoms with Crippen LogP contribution < -0.4 is 5.32 Å². The summed E-state index contributed by atoms with van der Waals surface area (Å²) in [5.74, 6) is 0.480. The average molecular weight is 412 g/mol. The minimum atomic E-state index is -0.538. The molecule has 0 aliphatic rings. The number of thiazole rings is 1. The third-order valence-corrected chi connectivity index (χ3v) is 5.67. The smallest absolute Gasteiger partial charge is 0.253 e. The molecule has 3 aromatic rings. The van der Waals surface area contributed by atoms with Crippen molar-refractivity contribution in [3.63, 3.8) is 0 Å². The van der Waals surface area contributed by atoms with Crippen molar-refractivity contribution in [1.82, 2.24) is 15.3 Å². The van der Waals surface area contributed by atoms with E-state index in [1.54, 1.807) is 30.1 Å². The van der Waals surface area contributed by atoms with Gasteiger partial charge in [0, 0.05) is 23.3 Å². The molecule has 0 radical (unpaired) electrons. The Bertz CT molecular complexity index is 914. The number of hydrogen-bond acceptors (Lipinski definition) is 6. The lowest BCUT2D eigenvalue weighted by Crippen LogP contribution is -2.42. The Morgan fingerprint density at radius 3 is 2.71 bits per heavy atom. The molecule has 2 aromatic heterocycles. The number of Topliss-reactive ketones (excluding diaryl/α,β-unsaturated/α-hetero) is 1. The van der Waals surface area contributed by atoms with Crippen LogP contribution >= 0.6 is 23.1 Å². The predicted molar refractivity (Wildman–Crippen MR) is 115 cm³/mol. The van der Waals surface area contributed by atoms with Gasteiger partial charge in [-0.3, -0.25) is 14.6 Å². The SMILES string of the molecule is CSCC[C@H](NC(=O)c1cccnc1)C(=O)Cc1nc(-c2ccccc2)cs1. The van der Waals surface area contributed by atoms with Crippen LogP contribution in [0.2, 0.25) is 0 Å². The molecule has 3 rings (SSSR count). The Hall–Kier alpha value is -2.51. The lowest BCUT2D eigenvalue weighted by molar-refractivity contribution is -0.120. The number of amides is 1.